The molecular formula is C61H70N4O12. The van der Waals surface area contributed by atoms with Crippen LogP contribution in [0.1, 0.15) is 121 Å². The molecule has 406 valence electrons. The number of nitrogens with zero attached hydrogens (tertiary/aromatic N) is 4. The van der Waals surface area contributed by atoms with Gasteiger partial charge in [-0.25, -0.2) is 0 Å². The third-order valence-electron chi connectivity index (χ3n) is 13.9. The zero-order valence-corrected chi connectivity index (χ0v) is 46.9. The first kappa shape index (κ1) is 58.6. The fourth-order valence-electron chi connectivity index (χ4n) is 9.44. The van der Waals surface area contributed by atoms with Crippen LogP contribution in [0.3, 0.4) is 0 Å². The van der Waals surface area contributed by atoms with Crippen molar-refractivity contribution >= 4 is 0 Å². The first-order valence-corrected chi connectivity index (χ1v) is 25.6. The molecule has 5 aromatic carbocycles. The summed E-state index contributed by atoms with van der Waals surface area (Å²) >= 11 is 0. The molecule has 0 spiro atoms. The average Bonchev–Trinajstić information content (AvgIpc) is 4.22. The number of benzene rings is 5. The lowest BCUT2D eigenvalue weighted by molar-refractivity contribution is 0.252. The van der Waals surface area contributed by atoms with Gasteiger partial charge >= 0.3 is 24.3 Å². The standard InChI is InChI=1S/C19H19NO3.C15H19NO3.C14H17NO3.C13H15NO3/c1-12-9-13(2)18(14(3)16(12)10-20-21)22-11-17-19(23-17)15-7-5-4-6-8-15;1-9-6-10(2)14(11(3)12(9)7-16-17)18-8-13-15(4,5)19-13;1-8-5-9(2)14(10(3)12(8)6-15-16)17-7-13-11(4)18-13;1-8-4-9(2)13(17-7-11-6-16-11)10(3)12(8)5-14-15/h4-9,17,19H,11H2,1-3H3;6,13H,8H2,1-5H3;5,11,13H,7H2,1-4H3;4,11H,6-7H2,1-3H3. The first-order chi connectivity index (χ1) is 36.6. The van der Waals surface area contributed by atoms with Crippen LogP contribution < -0.4 is 18.9 Å². The Morgan fingerprint density at radius 3 is 1.13 bits per heavy atom. The van der Waals surface area contributed by atoms with Crippen LogP contribution in [0.15, 0.2) is 54.6 Å². The lowest BCUT2D eigenvalue weighted by Crippen LogP contribution is -2.13. The van der Waals surface area contributed by atoms with Crippen LogP contribution in [0, 0.1) is 128 Å². The van der Waals surface area contributed by atoms with E-state index in [1.165, 1.54) is 5.56 Å². The predicted molar refractivity (Wildman–Crippen MR) is 301 cm³/mol. The minimum Gasteiger partial charge on any atom is -0.498 e. The molecule has 0 bridgehead atoms. The van der Waals surface area contributed by atoms with E-state index >= 15 is 0 Å². The Morgan fingerprint density at radius 2 is 0.818 bits per heavy atom. The van der Waals surface area contributed by atoms with E-state index in [4.69, 9.17) is 37.9 Å². The molecule has 4 aliphatic rings. The number of hydrogen-bond donors (Lipinski definition) is 0. The van der Waals surface area contributed by atoms with Crippen LogP contribution in [-0.2, 0) is 18.9 Å². The first-order valence-electron chi connectivity index (χ1n) is 25.6. The van der Waals surface area contributed by atoms with Gasteiger partial charge in [-0.05, 0) is 154 Å². The number of rotatable bonds is 13. The number of ether oxygens (including phenoxy) is 8. The normalized spacial score (nSPS) is 19.2. The predicted octanol–water partition coefficient (Wildman–Crippen LogP) is 13.2. The summed E-state index contributed by atoms with van der Waals surface area (Å²) in [5.74, 6) is 3.18. The minimum absolute atomic E-state index is 0.0677. The SMILES string of the molecule is Cc1cc(C)c(OCC2CO2)c(C)c1C#[N+][O-].Cc1cc(C)c(OCC2OC2(C)C)c(C)c1C#[N+][O-].Cc1cc(C)c(OCC2OC2C)c(C)c1C#[N+][O-].Cc1cc(C)c(OCC2OC2c2ccccc2)c(C)c1C#[N+][O-]. The monoisotopic (exact) mass is 1050 g/mol. The van der Waals surface area contributed by atoms with Crippen LogP contribution in [0.5, 0.6) is 23.0 Å². The molecule has 0 saturated carbocycles. The van der Waals surface area contributed by atoms with Crippen molar-refractivity contribution in [3.05, 3.63) is 190 Å². The van der Waals surface area contributed by atoms with Crippen LogP contribution in [0.25, 0.3) is 20.0 Å². The minimum atomic E-state index is -0.0854. The number of hydrogen-bond acceptors (Lipinski definition) is 12. The van der Waals surface area contributed by atoms with E-state index in [0.717, 1.165) is 107 Å². The fourth-order valence-corrected chi connectivity index (χ4v) is 9.44. The van der Waals surface area contributed by atoms with Crippen LogP contribution in [-0.4, -0.2) is 69.2 Å². The largest absolute Gasteiger partial charge is 0.498 e. The topological polar surface area (TPSA) is 197 Å². The van der Waals surface area contributed by atoms with Crippen LogP contribution in [0.4, 0.5) is 0 Å². The van der Waals surface area contributed by atoms with Gasteiger partial charge < -0.3 is 58.7 Å². The van der Waals surface area contributed by atoms with Crippen molar-refractivity contribution in [1.29, 1.82) is 0 Å². The zero-order valence-electron chi connectivity index (χ0n) is 46.9. The summed E-state index contributed by atoms with van der Waals surface area (Å²) in [5.41, 5.74) is 15.6. The molecule has 0 radical (unpaired) electrons. The second-order valence-electron chi connectivity index (χ2n) is 20.5. The summed E-state index contributed by atoms with van der Waals surface area (Å²) in [7, 11) is 0. The molecule has 16 nitrogen and oxygen atoms in total. The maximum Gasteiger partial charge on any atom is 0.337 e. The second kappa shape index (κ2) is 25.9. The highest BCUT2D eigenvalue weighted by Gasteiger charge is 2.48. The number of aryl methyl sites for hydroxylation is 8. The van der Waals surface area contributed by atoms with Gasteiger partial charge in [0.15, 0.2) is 0 Å². The molecule has 4 aliphatic heterocycles. The summed E-state index contributed by atoms with van der Waals surface area (Å²) in [6.07, 6.45) is 0.995. The lowest BCUT2D eigenvalue weighted by Gasteiger charge is -2.13. The second-order valence-corrected chi connectivity index (χ2v) is 20.5. The van der Waals surface area contributed by atoms with Crippen molar-refractivity contribution in [1.82, 2.24) is 0 Å². The molecule has 16 heteroatoms. The molecule has 77 heavy (non-hydrogen) atoms. The van der Waals surface area contributed by atoms with E-state index in [1.54, 1.807) is 0 Å². The number of epoxide rings is 4. The summed E-state index contributed by atoms with van der Waals surface area (Å²) in [6, 6.07) is 28.0. The van der Waals surface area contributed by atoms with Gasteiger partial charge in [0, 0.05) is 42.3 Å². The summed E-state index contributed by atoms with van der Waals surface area (Å²) < 4.78 is 45.0. The molecule has 5 aromatic rings. The summed E-state index contributed by atoms with van der Waals surface area (Å²) in [4.78, 5) is 0. The third kappa shape index (κ3) is 15.3. The van der Waals surface area contributed by atoms with E-state index in [0.29, 0.717) is 37.6 Å². The van der Waals surface area contributed by atoms with E-state index in [9.17, 15) is 20.8 Å². The smallest absolute Gasteiger partial charge is 0.337 e. The van der Waals surface area contributed by atoms with Crippen molar-refractivity contribution in [3.8, 4) is 47.3 Å². The molecule has 4 heterocycles. The molecule has 0 aromatic heterocycles. The summed E-state index contributed by atoms with van der Waals surface area (Å²) in [5, 5.41) is 52.6. The molecule has 6 atom stereocenters. The van der Waals surface area contributed by atoms with Crippen LogP contribution in [0.2, 0.25) is 0 Å². The Balaban J connectivity index is 0.000000167. The highest BCUT2D eigenvalue weighted by molar-refractivity contribution is 5.58. The average molecular weight is 1050 g/mol. The molecule has 6 unspecified atom stereocenters. The molecule has 4 saturated heterocycles. The molecule has 0 aliphatic carbocycles. The van der Waals surface area contributed by atoms with E-state index in [-0.39, 0.29) is 42.2 Å². The van der Waals surface area contributed by atoms with Gasteiger partial charge in [-0.3, -0.25) is 0 Å². The van der Waals surface area contributed by atoms with Crippen molar-refractivity contribution in [2.75, 3.05) is 33.0 Å². The summed E-state index contributed by atoms with van der Waals surface area (Å²) in [6.45, 7) is 32.3. The quantitative estimate of drug-likeness (QED) is 0.0800. The fraction of sp³-hybridized carbons (Fsp3) is 0.443. The zero-order chi connectivity index (χ0) is 56.3. The lowest BCUT2D eigenvalue weighted by atomic mass is 9.99. The molecule has 4 fully saturated rings. The van der Waals surface area contributed by atoms with Gasteiger partial charge in [-0.15, -0.1) is 0 Å². The highest BCUT2D eigenvalue weighted by atomic mass is 16.6. The Hall–Kier alpha value is -7.70. The highest BCUT2D eigenvalue weighted by Crippen LogP contribution is 2.40. The van der Waals surface area contributed by atoms with Gasteiger partial charge in [0.25, 0.3) is 0 Å². The molecule has 9 rings (SSSR count). The van der Waals surface area contributed by atoms with E-state index in [1.807, 2.05) is 146 Å². The molecule has 0 amide bonds. The molecular weight excluding hydrogens is 981 g/mol. The Morgan fingerprint density at radius 1 is 0.494 bits per heavy atom. The van der Waals surface area contributed by atoms with Crippen molar-refractivity contribution in [2.24, 2.45) is 0 Å². The maximum absolute atomic E-state index is 10.5. The molecule has 0 N–H and O–H groups in total. The van der Waals surface area contributed by atoms with Gasteiger partial charge in [0.05, 0.1) is 18.3 Å². The van der Waals surface area contributed by atoms with Gasteiger partial charge in [-0.1, -0.05) is 54.6 Å². The van der Waals surface area contributed by atoms with E-state index < -0.39 is 0 Å². The maximum atomic E-state index is 10.5. The van der Waals surface area contributed by atoms with Crippen LogP contribution >= 0.6 is 0 Å². The van der Waals surface area contributed by atoms with Gasteiger partial charge in [-0.2, -0.15) is 0 Å². The van der Waals surface area contributed by atoms with Crippen molar-refractivity contribution in [2.45, 2.75) is 146 Å². The Labute approximate surface area is 452 Å². The van der Waals surface area contributed by atoms with Gasteiger partial charge in [0.1, 0.15) is 102 Å². The Kier molecular flexibility index (Phi) is 19.7. The third-order valence-corrected chi connectivity index (χ3v) is 13.9. The Bertz CT molecular complexity index is 3220. The van der Waals surface area contributed by atoms with Crippen molar-refractivity contribution in [3.63, 3.8) is 0 Å². The van der Waals surface area contributed by atoms with Crippen molar-refractivity contribution < 1.29 is 37.9 Å². The van der Waals surface area contributed by atoms with Gasteiger partial charge in [0.2, 0.25) is 0 Å². The van der Waals surface area contributed by atoms with E-state index in [2.05, 4.69) is 56.4 Å².